The van der Waals surface area contributed by atoms with Gasteiger partial charge in [-0.1, -0.05) is 6.92 Å². The summed E-state index contributed by atoms with van der Waals surface area (Å²) in [6.45, 7) is 4.06. The van der Waals surface area contributed by atoms with Gasteiger partial charge in [0.1, 0.15) is 11.6 Å². The number of anilines is 2. The molecular weight excluding hydrogens is 232 g/mol. The van der Waals surface area contributed by atoms with E-state index in [2.05, 4.69) is 33.8 Å². The van der Waals surface area contributed by atoms with Gasteiger partial charge in [0, 0.05) is 17.8 Å². The molecule has 1 heterocycles. The Hall–Kier alpha value is -0.970. The molecule has 5 heteroatoms. The highest BCUT2D eigenvalue weighted by atomic mass is 32.2. The molecule has 2 N–H and O–H groups in total. The maximum atomic E-state index is 4.48. The quantitative estimate of drug-likeness (QED) is 0.781. The van der Waals surface area contributed by atoms with E-state index in [9.17, 15) is 0 Å². The fourth-order valence-corrected chi connectivity index (χ4v) is 2.36. The Morgan fingerprint density at radius 1 is 1.29 bits per heavy atom. The van der Waals surface area contributed by atoms with Crippen molar-refractivity contribution in [2.45, 2.75) is 30.9 Å². The number of hydrogen-bond donors (Lipinski definition) is 2. The number of nitrogens with zero attached hydrogens (tertiary/aromatic N) is 2. The largest absolute Gasteiger partial charge is 0.369 e. The molecule has 0 aromatic carbocycles. The van der Waals surface area contributed by atoms with Gasteiger partial charge in [-0.15, -0.1) is 0 Å². The molecule has 0 bridgehead atoms. The van der Waals surface area contributed by atoms with E-state index in [0.717, 1.165) is 31.1 Å². The lowest BCUT2D eigenvalue weighted by Crippen LogP contribution is -2.18. The first-order valence-corrected chi connectivity index (χ1v) is 7.35. The minimum atomic E-state index is 0.453. The van der Waals surface area contributed by atoms with Crippen LogP contribution in [-0.4, -0.2) is 34.1 Å². The third kappa shape index (κ3) is 3.49. The van der Waals surface area contributed by atoms with E-state index in [-0.39, 0.29) is 0 Å². The van der Waals surface area contributed by atoms with Crippen LogP contribution < -0.4 is 10.6 Å². The van der Waals surface area contributed by atoms with E-state index in [1.54, 1.807) is 12.4 Å². The van der Waals surface area contributed by atoms with Crippen molar-refractivity contribution in [2.75, 3.05) is 30.0 Å². The number of rotatable bonds is 7. The minimum absolute atomic E-state index is 0.453. The molecule has 0 amide bonds. The zero-order valence-corrected chi connectivity index (χ0v) is 11.3. The van der Waals surface area contributed by atoms with Crippen molar-refractivity contribution in [3.63, 3.8) is 0 Å². The molecule has 1 fully saturated rings. The zero-order valence-electron chi connectivity index (χ0n) is 10.5. The van der Waals surface area contributed by atoms with Crippen molar-refractivity contribution in [3.8, 4) is 0 Å². The number of thioether (sulfide) groups is 1. The summed E-state index contributed by atoms with van der Waals surface area (Å²) in [6, 6.07) is 0. The Bertz CT molecular complexity index is 365. The predicted molar refractivity (Wildman–Crippen MR) is 74.8 cm³/mol. The van der Waals surface area contributed by atoms with Crippen molar-refractivity contribution < 1.29 is 0 Å². The van der Waals surface area contributed by atoms with E-state index in [4.69, 9.17) is 0 Å². The Morgan fingerprint density at radius 2 is 2.00 bits per heavy atom. The first-order chi connectivity index (χ1) is 8.28. The molecule has 1 aromatic heterocycles. The first-order valence-electron chi connectivity index (χ1n) is 6.13. The molecule has 0 atom stereocenters. The number of hydrogen-bond acceptors (Lipinski definition) is 5. The van der Waals surface area contributed by atoms with Crippen LogP contribution in [0.25, 0.3) is 0 Å². The smallest absolute Gasteiger partial charge is 0.147 e. The topological polar surface area (TPSA) is 49.8 Å². The van der Waals surface area contributed by atoms with Crippen LogP contribution in [0.3, 0.4) is 0 Å². The number of nitrogens with one attached hydrogen (secondary N) is 2. The number of aromatic nitrogens is 2. The average Bonchev–Trinajstić information content (AvgIpc) is 3.15. The molecule has 0 unspecified atom stereocenters. The molecule has 4 nitrogen and oxygen atoms in total. The highest BCUT2D eigenvalue weighted by Gasteiger charge is 2.41. The van der Waals surface area contributed by atoms with Crippen LogP contribution in [0.1, 0.15) is 26.2 Å². The fraction of sp³-hybridized carbons (Fsp3) is 0.667. The van der Waals surface area contributed by atoms with E-state index in [0.29, 0.717) is 4.75 Å². The third-order valence-electron chi connectivity index (χ3n) is 3.02. The van der Waals surface area contributed by atoms with Gasteiger partial charge in [-0.3, -0.25) is 4.98 Å². The standard InChI is InChI=1S/C12H20N4S/c1-3-6-14-10-7-13-8-11(16-10)15-9-12(17-2)4-5-12/h7-8H,3-6,9H2,1-2H3,(H2,14,15,16). The molecule has 1 aromatic rings. The molecule has 94 valence electrons. The van der Waals surface area contributed by atoms with Crippen LogP contribution in [0.5, 0.6) is 0 Å². The van der Waals surface area contributed by atoms with Gasteiger partial charge in [-0.25, -0.2) is 4.98 Å². The van der Waals surface area contributed by atoms with E-state index < -0.39 is 0 Å². The molecule has 1 aliphatic rings. The predicted octanol–water partition coefficient (Wildman–Crippen LogP) is 2.61. The normalized spacial score (nSPS) is 16.6. The van der Waals surface area contributed by atoms with Crippen molar-refractivity contribution in [2.24, 2.45) is 0 Å². The van der Waals surface area contributed by atoms with Gasteiger partial charge in [0.05, 0.1) is 12.4 Å². The molecule has 1 saturated carbocycles. The summed E-state index contributed by atoms with van der Waals surface area (Å²) in [6.07, 6.45) is 9.44. The van der Waals surface area contributed by atoms with E-state index in [1.165, 1.54) is 12.8 Å². The summed E-state index contributed by atoms with van der Waals surface area (Å²) < 4.78 is 0.453. The average molecular weight is 252 g/mol. The summed E-state index contributed by atoms with van der Waals surface area (Å²) in [5.74, 6) is 1.72. The summed E-state index contributed by atoms with van der Waals surface area (Å²) in [7, 11) is 0. The SMILES string of the molecule is CCCNc1cncc(NCC2(SC)CC2)n1. The van der Waals surface area contributed by atoms with Crippen LogP contribution >= 0.6 is 11.8 Å². The highest BCUT2D eigenvalue weighted by molar-refractivity contribution is 8.00. The van der Waals surface area contributed by atoms with E-state index in [1.807, 2.05) is 11.8 Å². The summed E-state index contributed by atoms with van der Waals surface area (Å²) >= 11 is 1.95. The lowest BCUT2D eigenvalue weighted by molar-refractivity contribution is 0.931. The second-order valence-corrected chi connectivity index (χ2v) is 5.73. The van der Waals surface area contributed by atoms with Gasteiger partial charge >= 0.3 is 0 Å². The zero-order chi connectivity index (χ0) is 12.1. The van der Waals surface area contributed by atoms with Gasteiger partial charge in [0.2, 0.25) is 0 Å². The molecular formula is C12H20N4S. The van der Waals surface area contributed by atoms with Gasteiger partial charge in [-0.05, 0) is 25.5 Å². The summed E-state index contributed by atoms with van der Waals surface area (Å²) in [5, 5.41) is 6.62. The van der Waals surface area contributed by atoms with E-state index >= 15 is 0 Å². The van der Waals surface area contributed by atoms with Gasteiger partial charge in [0.25, 0.3) is 0 Å². The lowest BCUT2D eigenvalue weighted by atomic mass is 10.4. The Kier molecular flexibility index (Phi) is 4.10. The molecule has 17 heavy (non-hydrogen) atoms. The molecule has 0 radical (unpaired) electrons. The highest BCUT2D eigenvalue weighted by Crippen LogP contribution is 2.46. The summed E-state index contributed by atoms with van der Waals surface area (Å²) in [5.41, 5.74) is 0. The lowest BCUT2D eigenvalue weighted by Gasteiger charge is -2.13. The van der Waals surface area contributed by atoms with Gasteiger partial charge in [-0.2, -0.15) is 11.8 Å². The molecule has 0 spiro atoms. The van der Waals surface area contributed by atoms with Crippen LogP contribution in [0.4, 0.5) is 11.6 Å². The van der Waals surface area contributed by atoms with Crippen molar-refractivity contribution in [1.29, 1.82) is 0 Å². The molecule has 0 aliphatic heterocycles. The van der Waals surface area contributed by atoms with Crippen LogP contribution in [0, 0.1) is 0 Å². The van der Waals surface area contributed by atoms with Crippen molar-refractivity contribution in [3.05, 3.63) is 12.4 Å². The molecule has 2 rings (SSSR count). The Labute approximate surface area is 107 Å². The Morgan fingerprint density at radius 3 is 2.59 bits per heavy atom. The monoisotopic (exact) mass is 252 g/mol. The second kappa shape index (κ2) is 5.58. The Balaban J connectivity index is 1.87. The first kappa shape index (κ1) is 12.5. The fourth-order valence-electron chi connectivity index (χ4n) is 1.63. The van der Waals surface area contributed by atoms with Crippen LogP contribution in [0.15, 0.2) is 12.4 Å². The second-order valence-electron chi connectivity index (χ2n) is 4.46. The van der Waals surface area contributed by atoms with Gasteiger partial charge in [0.15, 0.2) is 0 Å². The van der Waals surface area contributed by atoms with Crippen LogP contribution in [0.2, 0.25) is 0 Å². The molecule has 0 saturated heterocycles. The minimum Gasteiger partial charge on any atom is -0.369 e. The van der Waals surface area contributed by atoms with Crippen molar-refractivity contribution >= 4 is 23.4 Å². The molecule has 1 aliphatic carbocycles. The van der Waals surface area contributed by atoms with Crippen molar-refractivity contribution in [1.82, 2.24) is 9.97 Å². The third-order valence-corrected chi connectivity index (χ3v) is 4.44. The maximum absolute atomic E-state index is 4.48. The van der Waals surface area contributed by atoms with Gasteiger partial charge < -0.3 is 10.6 Å². The van der Waals surface area contributed by atoms with Crippen LogP contribution in [-0.2, 0) is 0 Å². The maximum Gasteiger partial charge on any atom is 0.147 e. The summed E-state index contributed by atoms with van der Waals surface area (Å²) in [4.78, 5) is 8.67.